The second-order valence-corrected chi connectivity index (χ2v) is 8.25. The van der Waals surface area contributed by atoms with E-state index in [1.807, 2.05) is 0 Å². The number of rotatable bonds is 4. The largest absolute Gasteiger partial charge is 0.366 e. The SMILES string of the molecule is O=S(=O)(c1cccc(Cl)c1)N1CCO[C@@H](c2nc(-c3ccncc3)no2)C1. The zero-order chi connectivity index (χ0) is 18.9. The number of hydrogen-bond acceptors (Lipinski definition) is 7. The third-order valence-corrected chi connectivity index (χ3v) is 6.21. The average molecular weight is 407 g/mol. The van der Waals surface area contributed by atoms with E-state index >= 15 is 0 Å². The number of sulfonamides is 1. The molecule has 10 heteroatoms. The number of morpholine rings is 1. The van der Waals surface area contributed by atoms with Crippen molar-refractivity contribution in [2.24, 2.45) is 0 Å². The summed E-state index contributed by atoms with van der Waals surface area (Å²) in [6.45, 7) is 0.529. The van der Waals surface area contributed by atoms with Gasteiger partial charge in [0.2, 0.25) is 15.8 Å². The molecule has 1 atom stereocenters. The molecule has 8 nitrogen and oxygen atoms in total. The van der Waals surface area contributed by atoms with Crippen molar-refractivity contribution >= 4 is 21.6 Å². The van der Waals surface area contributed by atoms with Crippen molar-refractivity contribution in [3.05, 3.63) is 59.7 Å². The normalized spacial score (nSPS) is 18.5. The topological polar surface area (TPSA) is 98.4 Å². The molecule has 0 saturated carbocycles. The van der Waals surface area contributed by atoms with Gasteiger partial charge in [-0.05, 0) is 30.3 Å². The molecule has 0 bridgehead atoms. The van der Waals surface area contributed by atoms with E-state index in [1.54, 1.807) is 36.7 Å². The molecular formula is C17H15ClN4O4S. The number of ether oxygens (including phenoxy) is 1. The molecule has 4 rings (SSSR count). The van der Waals surface area contributed by atoms with Crippen LogP contribution in [0.5, 0.6) is 0 Å². The number of pyridine rings is 1. The molecule has 1 aliphatic rings. The minimum atomic E-state index is -3.70. The molecule has 3 aromatic rings. The Balaban J connectivity index is 1.56. The highest BCUT2D eigenvalue weighted by Crippen LogP contribution is 2.27. The van der Waals surface area contributed by atoms with Crippen molar-refractivity contribution in [1.29, 1.82) is 0 Å². The molecule has 0 radical (unpaired) electrons. The summed E-state index contributed by atoms with van der Waals surface area (Å²) in [6.07, 6.45) is 2.61. The van der Waals surface area contributed by atoms with Gasteiger partial charge in [-0.25, -0.2) is 8.42 Å². The van der Waals surface area contributed by atoms with E-state index in [0.717, 1.165) is 5.56 Å². The van der Waals surface area contributed by atoms with Gasteiger partial charge >= 0.3 is 0 Å². The number of halogens is 1. The lowest BCUT2D eigenvalue weighted by atomic mass is 10.2. The lowest BCUT2D eigenvalue weighted by molar-refractivity contribution is -0.0199. The van der Waals surface area contributed by atoms with Crippen LogP contribution in [0.1, 0.15) is 12.0 Å². The second kappa shape index (κ2) is 7.35. The molecule has 0 spiro atoms. The molecule has 2 aromatic heterocycles. The Bertz CT molecular complexity index is 1040. The third kappa shape index (κ3) is 3.72. The van der Waals surface area contributed by atoms with Crippen molar-refractivity contribution in [1.82, 2.24) is 19.4 Å². The summed E-state index contributed by atoms with van der Waals surface area (Å²) < 4.78 is 38.1. The quantitative estimate of drug-likeness (QED) is 0.656. The summed E-state index contributed by atoms with van der Waals surface area (Å²) in [5.41, 5.74) is 0.749. The van der Waals surface area contributed by atoms with Gasteiger partial charge in [0.25, 0.3) is 5.89 Å². The lowest BCUT2D eigenvalue weighted by Gasteiger charge is -2.30. The Labute approximate surface area is 160 Å². The van der Waals surface area contributed by atoms with Crippen LogP contribution in [0.15, 0.2) is 58.2 Å². The van der Waals surface area contributed by atoms with Crippen LogP contribution in [0, 0.1) is 0 Å². The van der Waals surface area contributed by atoms with Crippen molar-refractivity contribution in [3.63, 3.8) is 0 Å². The molecule has 1 fully saturated rings. The van der Waals surface area contributed by atoms with E-state index in [9.17, 15) is 8.42 Å². The highest BCUT2D eigenvalue weighted by atomic mass is 35.5. The van der Waals surface area contributed by atoms with Crippen LogP contribution in [0.2, 0.25) is 5.02 Å². The molecular weight excluding hydrogens is 392 g/mol. The number of nitrogens with zero attached hydrogens (tertiary/aromatic N) is 4. The van der Waals surface area contributed by atoms with Crippen LogP contribution < -0.4 is 0 Å². The van der Waals surface area contributed by atoms with Gasteiger partial charge in [-0.2, -0.15) is 9.29 Å². The third-order valence-electron chi connectivity index (χ3n) is 4.12. The predicted octanol–water partition coefficient (Wildman–Crippen LogP) is 2.55. The summed E-state index contributed by atoms with van der Waals surface area (Å²) >= 11 is 5.93. The smallest absolute Gasteiger partial charge is 0.257 e. The minimum absolute atomic E-state index is 0.0762. The highest BCUT2D eigenvalue weighted by molar-refractivity contribution is 7.89. The van der Waals surface area contributed by atoms with Gasteiger partial charge in [0.15, 0.2) is 6.10 Å². The first-order valence-electron chi connectivity index (χ1n) is 8.15. The molecule has 27 heavy (non-hydrogen) atoms. The standard InChI is InChI=1S/C17H15ClN4O4S/c18-13-2-1-3-14(10-13)27(23,24)22-8-9-25-15(11-22)17-20-16(21-26-17)12-4-6-19-7-5-12/h1-7,10,15H,8-9,11H2/t15-/m1/s1. The van der Waals surface area contributed by atoms with Crippen molar-refractivity contribution in [2.75, 3.05) is 19.7 Å². The Morgan fingerprint density at radius 3 is 2.78 bits per heavy atom. The second-order valence-electron chi connectivity index (χ2n) is 5.87. The first-order valence-corrected chi connectivity index (χ1v) is 9.97. The lowest BCUT2D eigenvalue weighted by Crippen LogP contribution is -2.42. The summed E-state index contributed by atoms with van der Waals surface area (Å²) in [5, 5.41) is 4.30. The Kier molecular flexibility index (Phi) is 4.92. The Hall–Kier alpha value is -2.33. The molecule has 1 saturated heterocycles. The van der Waals surface area contributed by atoms with Crippen LogP contribution in [0.3, 0.4) is 0 Å². The van der Waals surface area contributed by atoms with Gasteiger partial charge in [0, 0.05) is 36.1 Å². The van der Waals surface area contributed by atoms with E-state index in [4.69, 9.17) is 20.9 Å². The predicted molar refractivity (Wildman–Crippen MR) is 96.4 cm³/mol. The monoisotopic (exact) mass is 406 g/mol. The molecule has 3 heterocycles. The van der Waals surface area contributed by atoms with Crippen molar-refractivity contribution in [2.45, 2.75) is 11.0 Å². The van der Waals surface area contributed by atoms with Gasteiger partial charge in [0.05, 0.1) is 11.5 Å². The molecule has 0 unspecified atom stereocenters. The molecule has 0 amide bonds. The first-order chi connectivity index (χ1) is 13.0. The molecule has 1 aromatic carbocycles. The first kappa shape index (κ1) is 18.1. The average Bonchev–Trinajstić information content (AvgIpc) is 3.19. The van der Waals surface area contributed by atoms with Crippen LogP contribution in [0.4, 0.5) is 0 Å². The molecule has 140 valence electrons. The summed E-state index contributed by atoms with van der Waals surface area (Å²) in [6, 6.07) is 9.68. The van der Waals surface area contributed by atoms with E-state index in [-0.39, 0.29) is 30.5 Å². The van der Waals surface area contributed by atoms with E-state index in [1.165, 1.54) is 16.4 Å². The Morgan fingerprint density at radius 1 is 1.19 bits per heavy atom. The highest BCUT2D eigenvalue weighted by Gasteiger charge is 2.34. The number of hydrogen-bond donors (Lipinski definition) is 0. The maximum absolute atomic E-state index is 12.9. The van der Waals surface area contributed by atoms with Gasteiger partial charge in [0.1, 0.15) is 0 Å². The molecule has 0 N–H and O–H groups in total. The Morgan fingerprint density at radius 2 is 2.00 bits per heavy atom. The van der Waals surface area contributed by atoms with Crippen LogP contribution in [-0.4, -0.2) is 47.5 Å². The molecule has 0 aliphatic carbocycles. The summed E-state index contributed by atoms with van der Waals surface area (Å²) in [7, 11) is -3.70. The van der Waals surface area contributed by atoms with E-state index in [2.05, 4.69) is 15.1 Å². The fourth-order valence-corrected chi connectivity index (χ4v) is 4.48. The van der Waals surface area contributed by atoms with Gasteiger partial charge < -0.3 is 9.26 Å². The van der Waals surface area contributed by atoms with Crippen LogP contribution in [-0.2, 0) is 14.8 Å². The van der Waals surface area contributed by atoms with E-state index < -0.39 is 16.1 Å². The van der Waals surface area contributed by atoms with Crippen molar-refractivity contribution < 1.29 is 17.7 Å². The fraction of sp³-hybridized carbons (Fsp3) is 0.235. The molecule has 1 aliphatic heterocycles. The van der Waals surface area contributed by atoms with E-state index in [0.29, 0.717) is 10.8 Å². The van der Waals surface area contributed by atoms with Gasteiger partial charge in [-0.15, -0.1) is 0 Å². The van der Waals surface area contributed by atoms with Crippen LogP contribution in [0.25, 0.3) is 11.4 Å². The fourth-order valence-electron chi connectivity index (χ4n) is 2.75. The number of benzene rings is 1. The minimum Gasteiger partial charge on any atom is -0.366 e. The maximum atomic E-state index is 12.9. The zero-order valence-electron chi connectivity index (χ0n) is 14.0. The van der Waals surface area contributed by atoms with Crippen molar-refractivity contribution in [3.8, 4) is 11.4 Å². The number of aromatic nitrogens is 3. The van der Waals surface area contributed by atoms with Gasteiger partial charge in [-0.3, -0.25) is 4.98 Å². The van der Waals surface area contributed by atoms with Crippen LogP contribution >= 0.6 is 11.6 Å². The summed E-state index contributed by atoms with van der Waals surface area (Å²) in [4.78, 5) is 8.42. The zero-order valence-corrected chi connectivity index (χ0v) is 15.6. The van der Waals surface area contributed by atoms with Gasteiger partial charge in [-0.1, -0.05) is 22.8 Å². The summed E-state index contributed by atoms with van der Waals surface area (Å²) in [5.74, 6) is 0.624. The maximum Gasteiger partial charge on any atom is 0.257 e.